The summed E-state index contributed by atoms with van der Waals surface area (Å²) in [6.07, 6.45) is 0. The molecule has 0 atom stereocenters. The van der Waals surface area contributed by atoms with Crippen molar-refractivity contribution in [3.63, 3.8) is 0 Å². The third kappa shape index (κ3) is 4.50. The quantitative estimate of drug-likeness (QED) is 0.453. The highest BCUT2D eigenvalue weighted by Gasteiger charge is 2.14. The molecule has 0 bridgehead atoms. The SMILES string of the molecule is O=C(COc1ccccc1)Nc1ccccc1-c1csc(-c2ccccc2F)n1. The molecule has 0 fully saturated rings. The van der Waals surface area contributed by atoms with Crippen molar-refractivity contribution in [3.05, 3.63) is 90.1 Å². The number of hydrogen-bond donors (Lipinski definition) is 1. The summed E-state index contributed by atoms with van der Waals surface area (Å²) in [5.74, 6) is 0.0453. The molecule has 0 aliphatic carbocycles. The molecule has 29 heavy (non-hydrogen) atoms. The fourth-order valence-electron chi connectivity index (χ4n) is 2.82. The van der Waals surface area contributed by atoms with Crippen molar-refractivity contribution in [2.75, 3.05) is 11.9 Å². The van der Waals surface area contributed by atoms with Gasteiger partial charge in [-0.25, -0.2) is 9.37 Å². The van der Waals surface area contributed by atoms with Gasteiger partial charge < -0.3 is 10.1 Å². The fraction of sp³-hybridized carbons (Fsp3) is 0.0435. The van der Waals surface area contributed by atoms with E-state index < -0.39 is 0 Å². The molecule has 4 rings (SSSR count). The summed E-state index contributed by atoms with van der Waals surface area (Å²) in [4.78, 5) is 16.9. The Balaban J connectivity index is 1.52. The maximum absolute atomic E-state index is 14.1. The highest BCUT2D eigenvalue weighted by atomic mass is 32.1. The van der Waals surface area contributed by atoms with Gasteiger partial charge in [-0.15, -0.1) is 11.3 Å². The van der Waals surface area contributed by atoms with Crippen LogP contribution in [0, 0.1) is 5.82 Å². The number of benzene rings is 3. The van der Waals surface area contributed by atoms with Crippen LogP contribution in [0.4, 0.5) is 10.1 Å². The van der Waals surface area contributed by atoms with E-state index in [1.807, 2.05) is 41.8 Å². The smallest absolute Gasteiger partial charge is 0.262 e. The van der Waals surface area contributed by atoms with Crippen molar-refractivity contribution < 1.29 is 13.9 Å². The number of thiazole rings is 1. The standard InChI is InChI=1S/C23H17FN2O2S/c24-19-12-6-4-10-17(19)23-26-21(15-29-23)18-11-5-7-13-20(18)25-22(27)14-28-16-8-2-1-3-9-16/h1-13,15H,14H2,(H,25,27). The van der Waals surface area contributed by atoms with Crippen LogP contribution in [0.5, 0.6) is 5.75 Å². The summed E-state index contributed by atoms with van der Waals surface area (Å²) in [6.45, 7) is -0.101. The largest absolute Gasteiger partial charge is 0.484 e. The molecule has 0 radical (unpaired) electrons. The van der Waals surface area contributed by atoms with Crippen LogP contribution in [0.1, 0.15) is 0 Å². The topological polar surface area (TPSA) is 51.2 Å². The van der Waals surface area contributed by atoms with E-state index in [0.717, 1.165) is 5.56 Å². The van der Waals surface area contributed by atoms with Crippen LogP contribution < -0.4 is 10.1 Å². The molecule has 1 N–H and O–H groups in total. The molecule has 4 nitrogen and oxygen atoms in total. The van der Waals surface area contributed by atoms with Crippen LogP contribution in [0.2, 0.25) is 0 Å². The Kier molecular flexibility index (Phi) is 5.63. The molecule has 1 amide bonds. The lowest BCUT2D eigenvalue weighted by atomic mass is 10.1. The number of rotatable bonds is 6. The Labute approximate surface area is 171 Å². The number of ether oxygens (including phenoxy) is 1. The summed E-state index contributed by atoms with van der Waals surface area (Å²) >= 11 is 1.36. The average Bonchev–Trinajstić information content (AvgIpc) is 3.23. The monoisotopic (exact) mass is 404 g/mol. The van der Waals surface area contributed by atoms with Crippen LogP contribution in [-0.4, -0.2) is 17.5 Å². The number of hydrogen-bond acceptors (Lipinski definition) is 4. The van der Waals surface area contributed by atoms with Crippen molar-refractivity contribution in [2.24, 2.45) is 0 Å². The zero-order valence-electron chi connectivity index (χ0n) is 15.3. The predicted molar refractivity (Wildman–Crippen MR) is 114 cm³/mol. The van der Waals surface area contributed by atoms with Gasteiger partial charge in [0.05, 0.1) is 11.4 Å². The van der Waals surface area contributed by atoms with Crippen LogP contribution >= 0.6 is 11.3 Å². The molecule has 0 saturated carbocycles. The number of nitrogens with zero attached hydrogens (tertiary/aromatic N) is 1. The maximum Gasteiger partial charge on any atom is 0.262 e. The number of amides is 1. The van der Waals surface area contributed by atoms with E-state index in [9.17, 15) is 9.18 Å². The Hall–Kier alpha value is -3.51. The van der Waals surface area contributed by atoms with Gasteiger partial charge in [-0.05, 0) is 30.3 Å². The molecule has 1 heterocycles. The van der Waals surface area contributed by atoms with Crippen molar-refractivity contribution in [1.29, 1.82) is 0 Å². The second-order valence-corrected chi connectivity index (χ2v) is 7.07. The second kappa shape index (κ2) is 8.67. The molecule has 1 aromatic heterocycles. The summed E-state index contributed by atoms with van der Waals surface area (Å²) < 4.78 is 19.6. The lowest BCUT2D eigenvalue weighted by Gasteiger charge is -2.10. The molecular weight excluding hydrogens is 387 g/mol. The second-order valence-electron chi connectivity index (χ2n) is 6.21. The molecule has 0 saturated heterocycles. The predicted octanol–water partition coefficient (Wildman–Crippen LogP) is 5.63. The molecule has 0 aliphatic rings. The molecule has 144 valence electrons. The number of para-hydroxylation sites is 2. The van der Waals surface area contributed by atoms with Crippen molar-refractivity contribution in [2.45, 2.75) is 0 Å². The van der Waals surface area contributed by atoms with Gasteiger partial charge in [0.2, 0.25) is 0 Å². The first-order valence-electron chi connectivity index (χ1n) is 8.98. The van der Waals surface area contributed by atoms with Gasteiger partial charge in [-0.2, -0.15) is 0 Å². The average molecular weight is 404 g/mol. The zero-order valence-corrected chi connectivity index (χ0v) is 16.2. The van der Waals surface area contributed by atoms with Crippen molar-refractivity contribution in [3.8, 4) is 27.6 Å². The van der Waals surface area contributed by atoms with Crippen molar-refractivity contribution in [1.82, 2.24) is 4.98 Å². The van der Waals surface area contributed by atoms with E-state index >= 15 is 0 Å². The van der Waals surface area contributed by atoms with Gasteiger partial charge in [0.1, 0.15) is 16.6 Å². The molecule has 0 aliphatic heterocycles. The van der Waals surface area contributed by atoms with E-state index in [2.05, 4.69) is 10.3 Å². The number of carbonyl (C=O) groups is 1. The number of anilines is 1. The normalized spacial score (nSPS) is 10.5. The first-order chi connectivity index (χ1) is 14.2. The minimum atomic E-state index is -0.312. The van der Waals surface area contributed by atoms with Gasteiger partial charge in [0, 0.05) is 16.5 Å². The van der Waals surface area contributed by atoms with Gasteiger partial charge in [0.25, 0.3) is 5.91 Å². The van der Waals surface area contributed by atoms with E-state index in [1.165, 1.54) is 17.4 Å². The fourth-order valence-corrected chi connectivity index (χ4v) is 3.67. The van der Waals surface area contributed by atoms with Crippen LogP contribution in [-0.2, 0) is 4.79 Å². The van der Waals surface area contributed by atoms with E-state index in [1.54, 1.807) is 36.4 Å². The first kappa shape index (κ1) is 18.8. The third-order valence-corrected chi connectivity index (χ3v) is 5.07. The number of halogens is 1. The summed E-state index contributed by atoms with van der Waals surface area (Å²) in [7, 11) is 0. The zero-order chi connectivity index (χ0) is 20.1. The molecule has 0 unspecified atom stereocenters. The van der Waals surface area contributed by atoms with Crippen LogP contribution in [0.15, 0.2) is 84.2 Å². The lowest BCUT2D eigenvalue weighted by Crippen LogP contribution is -2.20. The Bertz CT molecular complexity index is 1130. The van der Waals surface area contributed by atoms with Gasteiger partial charge >= 0.3 is 0 Å². The first-order valence-corrected chi connectivity index (χ1v) is 9.86. The van der Waals surface area contributed by atoms with E-state index in [4.69, 9.17) is 4.74 Å². The minimum absolute atomic E-state index is 0.101. The maximum atomic E-state index is 14.1. The van der Waals surface area contributed by atoms with E-state index in [-0.39, 0.29) is 18.3 Å². The van der Waals surface area contributed by atoms with Gasteiger partial charge in [-0.3, -0.25) is 4.79 Å². The molecule has 4 aromatic rings. The Morgan fingerprint density at radius 2 is 1.62 bits per heavy atom. The van der Waals surface area contributed by atoms with Gasteiger partial charge in [-0.1, -0.05) is 48.5 Å². The summed E-state index contributed by atoms with van der Waals surface area (Å²) in [5.41, 5.74) is 2.52. The Morgan fingerprint density at radius 3 is 2.41 bits per heavy atom. The van der Waals surface area contributed by atoms with Crippen LogP contribution in [0.3, 0.4) is 0 Å². The number of aromatic nitrogens is 1. The lowest BCUT2D eigenvalue weighted by molar-refractivity contribution is -0.118. The molecular formula is C23H17FN2O2S. The highest BCUT2D eigenvalue weighted by molar-refractivity contribution is 7.13. The minimum Gasteiger partial charge on any atom is -0.484 e. The summed E-state index contributed by atoms with van der Waals surface area (Å²) in [6, 6.07) is 23.1. The number of carbonyl (C=O) groups excluding carboxylic acids is 1. The Morgan fingerprint density at radius 1 is 0.931 bits per heavy atom. The van der Waals surface area contributed by atoms with Crippen LogP contribution in [0.25, 0.3) is 21.8 Å². The van der Waals surface area contributed by atoms with Crippen molar-refractivity contribution >= 4 is 22.9 Å². The molecule has 6 heteroatoms. The summed E-state index contributed by atoms with van der Waals surface area (Å²) in [5, 5.41) is 5.31. The molecule has 0 spiro atoms. The van der Waals surface area contributed by atoms with E-state index in [0.29, 0.717) is 27.7 Å². The highest BCUT2D eigenvalue weighted by Crippen LogP contribution is 2.33. The van der Waals surface area contributed by atoms with Gasteiger partial charge in [0.15, 0.2) is 6.61 Å². The number of nitrogens with one attached hydrogen (secondary N) is 1. The third-order valence-electron chi connectivity index (χ3n) is 4.20. The molecule has 3 aromatic carbocycles.